The first-order valence-electron chi connectivity index (χ1n) is 11.1. The molecule has 2 aromatic carbocycles. The van der Waals surface area contributed by atoms with Gasteiger partial charge in [0, 0.05) is 19.2 Å². The summed E-state index contributed by atoms with van der Waals surface area (Å²) in [6.07, 6.45) is 1.70. The Hall–Kier alpha value is -5.05. The Balaban J connectivity index is 1.69. The van der Waals surface area contributed by atoms with Crippen LogP contribution in [0.2, 0.25) is 0 Å². The molecule has 12 nitrogen and oxygen atoms in total. The molecule has 0 saturated carbocycles. The summed E-state index contributed by atoms with van der Waals surface area (Å²) in [5.41, 5.74) is -0.551. The molecule has 0 atom stereocenters. The molecule has 1 heterocycles. The predicted octanol–water partition coefficient (Wildman–Crippen LogP) is 2.63. The highest BCUT2D eigenvalue weighted by Crippen LogP contribution is 2.32. The van der Waals surface area contributed by atoms with Crippen molar-refractivity contribution in [2.45, 2.75) is 19.8 Å². The van der Waals surface area contributed by atoms with Gasteiger partial charge in [0.05, 0.1) is 24.0 Å². The Labute approximate surface area is 211 Å². The largest absolute Gasteiger partial charge is 0.493 e. The summed E-state index contributed by atoms with van der Waals surface area (Å²) in [7, 11) is 1.34. The third kappa shape index (κ3) is 5.79. The number of fused-ring (bicyclic) bond motifs is 1. The third-order valence-electron chi connectivity index (χ3n) is 5.34. The molecule has 0 spiro atoms. The maximum Gasteiger partial charge on any atom is 0.313 e. The molecule has 3 rings (SSSR count). The normalized spacial score (nSPS) is 12.6. The second-order valence-corrected chi connectivity index (χ2v) is 7.78. The molecule has 1 aliphatic heterocycles. The highest BCUT2D eigenvalue weighted by Gasteiger charge is 2.40. The summed E-state index contributed by atoms with van der Waals surface area (Å²) in [5.74, 6) is -2.71. The van der Waals surface area contributed by atoms with E-state index in [2.05, 4.69) is 5.32 Å². The molecule has 1 N–H and O–H groups in total. The average Bonchev–Trinajstić information content (AvgIpc) is 3.14. The van der Waals surface area contributed by atoms with Crippen LogP contribution in [0.4, 0.5) is 5.69 Å². The number of nitrogens with zero attached hydrogens (tertiary/aromatic N) is 3. The van der Waals surface area contributed by atoms with Crippen LogP contribution in [0.25, 0.3) is 6.08 Å². The summed E-state index contributed by atoms with van der Waals surface area (Å²) >= 11 is 0. The number of rotatable bonds is 10. The Bertz CT molecular complexity index is 1360. The van der Waals surface area contributed by atoms with Crippen molar-refractivity contribution in [2.75, 3.05) is 20.2 Å². The van der Waals surface area contributed by atoms with Crippen molar-refractivity contribution in [1.82, 2.24) is 10.2 Å². The van der Waals surface area contributed by atoms with Gasteiger partial charge < -0.3 is 14.8 Å². The Kier molecular flexibility index (Phi) is 8.31. The maximum absolute atomic E-state index is 12.6. The lowest BCUT2D eigenvalue weighted by Gasteiger charge is -2.14. The summed E-state index contributed by atoms with van der Waals surface area (Å²) in [5, 5.41) is 23.1. The monoisotopic (exact) mass is 506 g/mol. The fourth-order valence-electron chi connectivity index (χ4n) is 3.55. The number of carbonyl (C=O) groups excluding carboxylic acids is 4. The van der Waals surface area contributed by atoms with Gasteiger partial charge in [-0.3, -0.25) is 34.2 Å². The van der Waals surface area contributed by atoms with Crippen molar-refractivity contribution in [3.63, 3.8) is 0 Å². The molecular weight excluding hydrogens is 484 g/mol. The van der Waals surface area contributed by atoms with Gasteiger partial charge >= 0.3 is 5.97 Å². The zero-order valence-electron chi connectivity index (χ0n) is 20.0. The second-order valence-electron chi connectivity index (χ2n) is 7.78. The van der Waals surface area contributed by atoms with Crippen LogP contribution < -0.4 is 14.8 Å². The molecule has 0 aliphatic carbocycles. The minimum atomic E-state index is -0.856. The predicted molar refractivity (Wildman–Crippen MR) is 129 cm³/mol. The number of nitriles is 1. The van der Waals surface area contributed by atoms with Gasteiger partial charge in [0.2, 0.25) is 0 Å². The minimum absolute atomic E-state index is 0.0385. The first kappa shape index (κ1) is 26.6. The molecule has 1 aliphatic rings. The molecule has 3 amide bonds. The van der Waals surface area contributed by atoms with Gasteiger partial charge in [-0.05, 0) is 36.3 Å². The first-order chi connectivity index (χ1) is 17.7. The SMILES string of the molecule is CCCNC(=O)/C(C#N)=C/c1ccc(OC(=O)CCN2C(=O)c3cccc([N+](=O)[O-])c3C2=O)c(OC)c1. The number of benzene rings is 2. The number of methoxy groups -OCH3 is 1. The zero-order valence-corrected chi connectivity index (χ0v) is 20.0. The van der Waals surface area contributed by atoms with E-state index in [0.29, 0.717) is 18.5 Å². The van der Waals surface area contributed by atoms with Crippen LogP contribution in [-0.4, -0.2) is 53.7 Å². The standard InChI is InChI=1S/C25H22N4O8/c1-3-10-27-23(31)16(14-26)12-15-7-8-19(20(13-15)36-2)37-21(30)9-11-28-24(32)17-5-4-6-18(29(34)35)22(17)25(28)33/h4-8,12-13H,3,9-11H2,1-2H3,(H,27,31)/b16-12+. The van der Waals surface area contributed by atoms with Crippen molar-refractivity contribution in [1.29, 1.82) is 5.26 Å². The van der Waals surface area contributed by atoms with E-state index in [9.17, 15) is 34.6 Å². The van der Waals surface area contributed by atoms with Crippen LogP contribution in [0.1, 0.15) is 46.0 Å². The van der Waals surface area contributed by atoms with E-state index in [4.69, 9.17) is 9.47 Å². The first-order valence-corrected chi connectivity index (χ1v) is 11.1. The Morgan fingerprint density at radius 2 is 1.95 bits per heavy atom. The molecule has 0 radical (unpaired) electrons. The van der Waals surface area contributed by atoms with E-state index in [-0.39, 0.29) is 41.2 Å². The molecular formula is C25H22N4O8. The van der Waals surface area contributed by atoms with Crippen molar-refractivity contribution >= 4 is 35.5 Å². The number of hydrogen-bond acceptors (Lipinski definition) is 9. The van der Waals surface area contributed by atoms with E-state index in [1.54, 1.807) is 0 Å². The van der Waals surface area contributed by atoms with Crippen molar-refractivity contribution in [2.24, 2.45) is 0 Å². The van der Waals surface area contributed by atoms with Crippen molar-refractivity contribution in [3.8, 4) is 17.6 Å². The van der Waals surface area contributed by atoms with E-state index in [1.807, 2.05) is 13.0 Å². The lowest BCUT2D eigenvalue weighted by atomic mass is 10.1. The van der Waals surface area contributed by atoms with Crippen LogP contribution in [0.3, 0.4) is 0 Å². The lowest BCUT2D eigenvalue weighted by molar-refractivity contribution is -0.385. The fraction of sp³-hybridized carbons (Fsp3) is 0.240. The van der Waals surface area contributed by atoms with E-state index in [0.717, 1.165) is 11.0 Å². The fourth-order valence-corrected chi connectivity index (χ4v) is 3.55. The minimum Gasteiger partial charge on any atom is -0.493 e. The van der Waals surface area contributed by atoms with E-state index >= 15 is 0 Å². The molecule has 0 bridgehead atoms. The molecule has 0 saturated heterocycles. The van der Waals surface area contributed by atoms with Crippen molar-refractivity contribution < 1.29 is 33.6 Å². The third-order valence-corrected chi connectivity index (χ3v) is 5.34. The maximum atomic E-state index is 12.6. The Morgan fingerprint density at radius 1 is 1.19 bits per heavy atom. The second kappa shape index (κ2) is 11.6. The van der Waals surface area contributed by atoms with Crippen LogP contribution in [0.15, 0.2) is 42.0 Å². The molecule has 0 unspecified atom stereocenters. The van der Waals surface area contributed by atoms with Gasteiger partial charge in [0.15, 0.2) is 11.5 Å². The average molecular weight is 506 g/mol. The quantitative estimate of drug-likeness (QED) is 0.0968. The summed E-state index contributed by atoms with van der Waals surface area (Å²) in [6.45, 7) is 1.96. The molecule has 190 valence electrons. The number of carbonyl (C=O) groups is 4. The van der Waals surface area contributed by atoms with Gasteiger partial charge in [-0.15, -0.1) is 0 Å². The smallest absolute Gasteiger partial charge is 0.313 e. The van der Waals surface area contributed by atoms with Gasteiger partial charge in [-0.1, -0.05) is 19.1 Å². The van der Waals surface area contributed by atoms with Crippen LogP contribution in [0.5, 0.6) is 11.5 Å². The Morgan fingerprint density at radius 3 is 2.59 bits per heavy atom. The van der Waals surface area contributed by atoms with Crippen LogP contribution in [-0.2, 0) is 9.59 Å². The van der Waals surface area contributed by atoms with E-state index in [1.165, 1.54) is 43.5 Å². The number of imide groups is 1. The number of hydrogen-bond donors (Lipinski definition) is 1. The number of ether oxygens (including phenoxy) is 2. The number of nitrogens with one attached hydrogen (secondary N) is 1. The van der Waals surface area contributed by atoms with E-state index < -0.39 is 34.3 Å². The topological polar surface area (TPSA) is 169 Å². The summed E-state index contributed by atoms with van der Waals surface area (Å²) in [6, 6.07) is 9.98. The number of amides is 3. The molecule has 2 aromatic rings. The van der Waals surface area contributed by atoms with Gasteiger partial charge in [-0.25, -0.2) is 0 Å². The number of esters is 1. The molecule has 37 heavy (non-hydrogen) atoms. The highest BCUT2D eigenvalue weighted by molar-refractivity contribution is 6.23. The lowest BCUT2D eigenvalue weighted by Crippen LogP contribution is -2.32. The van der Waals surface area contributed by atoms with Crippen LogP contribution in [0, 0.1) is 21.4 Å². The van der Waals surface area contributed by atoms with Gasteiger partial charge in [0.25, 0.3) is 23.4 Å². The van der Waals surface area contributed by atoms with Gasteiger partial charge in [0.1, 0.15) is 17.2 Å². The molecule has 0 aromatic heterocycles. The molecule has 0 fully saturated rings. The molecule has 12 heteroatoms. The zero-order chi connectivity index (χ0) is 27.1. The number of nitro benzene ring substituents is 1. The highest BCUT2D eigenvalue weighted by atomic mass is 16.6. The summed E-state index contributed by atoms with van der Waals surface area (Å²) < 4.78 is 10.6. The van der Waals surface area contributed by atoms with Crippen LogP contribution >= 0.6 is 0 Å². The number of nitro groups is 1. The van der Waals surface area contributed by atoms with Gasteiger partial charge in [-0.2, -0.15) is 5.26 Å². The van der Waals surface area contributed by atoms with Crippen molar-refractivity contribution in [3.05, 3.63) is 68.8 Å². The summed E-state index contributed by atoms with van der Waals surface area (Å²) in [4.78, 5) is 61.0.